The maximum absolute atomic E-state index is 12.5. The SMILES string of the molecule is COc1ccc(-c2nc(C(=O)Nc3ccc(N(C)C)c(C)c3)cs2)cc1. The number of aryl methyl sites for hydroxylation is 1. The van der Waals surface area contributed by atoms with Gasteiger partial charge in [-0.15, -0.1) is 11.3 Å². The number of carbonyl (C=O) groups is 1. The van der Waals surface area contributed by atoms with Gasteiger partial charge >= 0.3 is 0 Å². The molecule has 0 spiro atoms. The number of ether oxygens (including phenoxy) is 1. The highest BCUT2D eigenvalue weighted by atomic mass is 32.1. The van der Waals surface area contributed by atoms with E-state index in [-0.39, 0.29) is 5.91 Å². The normalized spacial score (nSPS) is 10.5. The van der Waals surface area contributed by atoms with Crippen LogP contribution in [0.25, 0.3) is 10.6 Å². The topological polar surface area (TPSA) is 54.5 Å². The summed E-state index contributed by atoms with van der Waals surface area (Å²) in [5.74, 6) is 0.581. The van der Waals surface area contributed by atoms with Gasteiger partial charge in [0.2, 0.25) is 0 Å². The van der Waals surface area contributed by atoms with Crippen molar-refractivity contribution in [1.82, 2.24) is 4.98 Å². The van der Waals surface area contributed by atoms with E-state index in [1.807, 2.05) is 68.4 Å². The lowest BCUT2D eigenvalue weighted by Gasteiger charge is -2.16. The van der Waals surface area contributed by atoms with E-state index in [0.717, 1.165) is 33.3 Å². The molecule has 1 heterocycles. The van der Waals surface area contributed by atoms with Crippen LogP contribution in [0.1, 0.15) is 16.1 Å². The van der Waals surface area contributed by atoms with Crippen LogP contribution in [-0.2, 0) is 0 Å². The molecule has 26 heavy (non-hydrogen) atoms. The smallest absolute Gasteiger partial charge is 0.275 e. The van der Waals surface area contributed by atoms with Gasteiger partial charge in [0, 0.05) is 36.4 Å². The van der Waals surface area contributed by atoms with Crippen molar-refractivity contribution in [2.24, 2.45) is 0 Å². The van der Waals surface area contributed by atoms with Gasteiger partial charge in [-0.3, -0.25) is 4.79 Å². The van der Waals surface area contributed by atoms with Crippen LogP contribution in [0.2, 0.25) is 0 Å². The van der Waals surface area contributed by atoms with E-state index in [4.69, 9.17) is 4.74 Å². The molecule has 1 N–H and O–H groups in total. The van der Waals surface area contributed by atoms with E-state index < -0.39 is 0 Å². The van der Waals surface area contributed by atoms with Crippen LogP contribution in [0.4, 0.5) is 11.4 Å². The van der Waals surface area contributed by atoms with Gasteiger partial charge in [0.05, 0.1) is 7.11 Å². The van der Waals surface area contributed by atoms with Gasteiger partial charge in [0.25, 0.3) is 5.91 Å². The summed E-state index contributed by atoms with van der Waals surface area (Å²) in [6.07, 6.45) is 0. The van der Waals surface area contributed by atoms with Crippen molar-refractivity contribution in [2.45, 2.75) is 6.92 Å². The minimum atomic E-state index is -0.210. The van der Waals surface area contributed by atoms with Crippen molar-refractivity contribution in [3.8, 4) is 16.3 Å². The second kappa shape index (κ2) is 7.58. The first kappa shape index (κ1) is 17.9. The molecule has 6 heteroatoms. The van der Waals surface area contributed by atoms with Crippen LogP contribution in [-0.4, -0.2) is 32.1 Å². The maximum atomic E-state index is 12.5. The van der Waals surface area contributed by atoms with Gasteiger partial charge in [0.1, 0.15) is 16.5 Å². The Balaban J connectivity index is 1.74. The predicted octanol–water partition coefficient (Wildman–Crippen LogP) is 4.45. The van der Waals surface area contributed by atoms with Gasteiger partial charge in [-0.05, 0) is 55.0 Å². The van der Waals surface area contributed by atoms with Gasteiger partial charge in [0.15, 0.2) is 0 Å². The quantitative estimate of drug-likeness (QED) is 0.724. The molecular weight excluding hydrogens is 346 g/mol. The fraction of sp³-hybridized carbons (Fsp3) is 0.200. The molecule has 134 valence electrons. The highest BCUT2D eigenvalue weighted by Gasteiger charge is 2.13. The van der Waals surface area contributed by atoms with E-state index in [1.165, 1.54) is 11.3 Å². The summed E-state index contributed by atoms with van der Waals surface area (Å²) in [6, 6.07) is 13.5. The maximum Gasteiger partial charge on any atom is 0.275 e. The molecule has 0 aliphatic carbocycles. The van der Waals surface area contributed by atoms with Crippen molar-refractivity contribution in [2.75, 3.05) is 31.4 Å². The zero-order valence-electron chi connectivity index (χ0n) is 15.2. The van der Waals surface area contributed by atoms with Gasteiger partial charge in [-0.2, -0.15) is 0 Å². The number of nitrogens with zero attached hydrogens (tertiary/aromatic N) is 2. The average Bonchev–Trinajstić information content (AvgIpc) is 3.12. The van der Waals surface area contributed by atoms with E-state index in [0.29, 0.717) is 5.69 Å². The first-order valence-corrected chi connectivity index (χ1v) is 9.05. The molecule has 1 amide bonds. The summed E-state index contributed by atoms with van der Waals surface area (Å²) in [4.78, 5) is 19.0. The molecule has 0 saturated heterocycles. The standard InChI is InChI=1S/C20H21N3O2S/c1-13-11-15(7-10-18(13)23(2)3)21-19(24)17-12-26-20(22-17)14-5-8-16(25-4)9-6-14/h5-12H,1-4H3,(H,21,24). The van der Waals surface area contributed by atoms with E-state index >= 15 is 0 Å². The number of hydrogen-bond acceptors (Lipinski definition) is 5. The summed E-state index contributed by atoms with van der Waals surface area (Å²) >= 11 is 1.45. The Kier molecular flexibility index (Phi) is 5.23. The number of amides is 1. The Morgan fingerprint density at radius 2 is 1.88 bits per heavy atom. The molecule has 1 aromatic heterocycles. The van der Waals surface area contributed by atoms with Gasteiger partial charge in [-0.1, -0.05) is 0 Å². The third kappa shape index (κ3) is 3.86. The van der Waals surface area contributed by atoms with Crippen LogP contribution in [0.3, 0.4) is 0 Å². The number of carbonyl (C=O) groups excluding carboxylic acids is 1. The van der Waals surface area contributed by atoms with E-state index in [1.54, 1.807) is 12.5 Å². The molecule has 3 aromatic rings. The van der Waals surface area contributed by atoms with Crippen LogP contribution in [0.15, 0.2) is 47.8 Å². The zero-order chi connectivity index (χ0) is 18.7. The Labute approximate surface area is 157 Å². The number of hydrogen-bond donors (Lipinski definition) is 1. The van der Waals surface area contributed by atoms with Crippen molar-refractivity contribution >= 4 is 28.6 Å². The summed E-state index contributed by atoms with van der Waals surface area (Å²) in [5, 5.41) is 5.49. The van der Waals surface area contributed by atoms with Crippen molar-refractivity contribution < 1.29 is 9.53 Å². The van der Waals surface area contributed by atoms with Crippen LogP contribution < -0.4 is 15.0 Å². The van der Waals surface area contributed by atoms with Crippen LogP contribution in [0, 0.1) is 6.92 Å². The summed E-state index contributed by atoms with van der Waals surface area (Å²) in [6.45, 7) is 2.02. The Hall–Kier alpha value is -2.86. The molecule has 0 radical (unpaired) electrons. The van der Waals surface area contributed by atoms with E-state index in [2.05, 4.69) is 10.3 Å². The second-order valence-electron chi connectivity index (χ2n) is 6.12. The Morgan fingerprint density at radius 3 is 2.50 bits per heavy atom. The molecular formula is C20H21N3O2S. The minimum absolute atomic E-state index is 0.210. The molecule has 5 nitrogen and oxygen atoms in total. The molecule has 3 rings (SSSR count). The second-order valence-corrected chi connectivity index (χ2v) is 6.97. The third-order valence-corrected chi connectivity index (χ3v) is 4.90. The van der Waals surface area contributed by atoms with Crippen LogP contribution >= 0.6 is 11.3 Å². The number of anilines is 2. The molecule has 0 saturated carbocycles. The fourth-order valence-corrected chi connectivity index (χ4v) is 3.48. The zero-order valence-corrected chi connectivity index (χ0v) is 16.1. The Bertz CT molecular complexity index is 917. The number of benzene rings is 2. The van der Waals surface area contributed by atoms with E-state index in [9.17, 15) is 4.79 Å². The molecule has 0 bridgehead atoms. The predicted molar refractivity (Wildman–Crippen MR) is 108 cm³/mol. The molecule has 0 aliphatic rings. The number of nitrogens with one attached hydrogen (secondary N) is 1. The summed E-state index contributed by atoms with van der Waals surface area (Å²) in [5.41, 5.74) is 4.36. The number of rotatable bonds is 5. The van der Waals surface area contributed by atoms with Crippen molar-refractivity contribution in [3.63, 3.8) is 0 Å². The summed E-state index contributed by atoms with van der Waals surface area (Å²) in [7, 11) is 5.63. The average molecular weight is 367 g/mol. The number of aromatic nitrogens is 1. The fourth-order valence-electron chi connectivity index (χ4n) is 2.67. The van der Waals surface area contributed by atoms with Crippen LogP contribution in [0.5, 0.6) is 5.75 Å². The third-order valence-electron chi connectivity index (χ3n) is 4.01. The van der Waals surface area contributed by atoms with Crippen molar-refractivity contribution in [3.05, 3.63) is 59.1 Å². The number of thiazole rings is 1. The first-order chi connectivity index (χ1) is 12.5. The minimum Gasteiger partial charge on any atom is -0.497 e. The molecule has 0 unspecified atom stereocenters. The Morgan fingerprint density at radius 1 is 1.15 bits per heavy atom. The molecule has 0 fully saturated rings. The highest BCUT2D eigenvalue weighted by molar-refractivity contribution is 7.13. The summed E-state index contributed by atoms with van der Waals surface area (Å²) < 4.78 is 5.16. The number of methoxy groups -OCH3 is 1. The monoisotopic (exact) mass is 367 g/mol. The molecule has 0 aliphatic heterocycles. The first-order valence-electron chi connectivity index (χ1n) is 8.17. The molecule has 2 aromatic carbocycles. The largest absolute Gasteiger partial charge is 0.497 e. The van der Waals surface area contributed by atoms with Gasteiger partial charge < -0.3 is 15.0 Å². The molecule has 0 atom stereocenters. The lowest BCUT2D eigenvalue weighted by molar-refractivity contribution is 0.102. The van der Waals surface area contributed by atoms with Gasteiger partial charge in [-0.25, -0.2) is 4.98 Å². The lowest BCUT2D eigenvalue weighted by atomic mass is 10.1. The van der Waals surface area contributed by atoms with Crippen molar-refractivity contribution in [1.29, 1.82) is 0 Å². The lowest BCUT2D eigenvalue weighted by Crippen LogP contribution is -2.14. The highest BCUT2D eigenvalue weighted by Crippen LogP contribution is 2.26.